The molecule has 0 fully saturated rings. The molecule has 0 atom stereocenters. The Morgan fingerprint density at radius 2 is 2.10 bits per heavy atom. The van der Waals surface area contributed by atoms with Crippen LogP contribution in [-0.4, -0.2) is 17.3 Å². The van der Waals surface area contributed by atoms with Gasteiger partial charge in [-0.1, -0.05) is 11.2 Å². The average molecular weight is 283 g/mol. The normalized spacial score (nSPS) is 10.8. The lowest BCUT2D eigenvalue weighted by molar-refractivity contribution is 0.392. The molecule has 0 saturated heterocycles. The number of rotatable bonds is 4. The number of nitrogens with zero attached hydrogens (tertiary/aromatic N) is 2. The molecule has 0 saturated carbocycles. The summed E-state index contributed by atoms with van der Waals surface area (Å²) in [4.78, 5) is 4.42. The molecule has 3 aromatic rings. The number of benzene rings is 1. The van der Waals surface area contributed by atoms with Crippen molar-refractivity contribution in [2.45, 2.75) is 20.4 Å². The number of anilines is 1. The van der Waals surface area contributed by atoms with Crippen molar-refractivity contribution in [3.05, 3.63) is 47.5 Å². The number of ether oxygens (including phenoxy) is 1. The highest BCUT2D eigenvalue weighted by molar-refractivity contribution is 5.92. The molecular weight excluding hydrogens is 266 g/mol. The van der Waals surface area contributed by atoms with Gasteiger partial charge in [0.25, 0.3) is 0 Å². The Balaban J connectivity index is 1.93. The highest BCUT2D eigenvalue weighted by atomic mass is 16.5. The van der Waals surface area contributed by atoms with Gasteiger partial charge in [0.2, 0.25) is 0 Å². The minimum Gasteiger partial charge on any atom is -0.497 e. The Bertz CT molecular complexity index is 761. The van der Waals surface area contributed by atoms with E-state index in [4.69, 9.17) is 9.26 Å². The summed E-state index contributed by atoms with van der Waals surface area (Å²) >= 11 is 0. The van der Waals surface area contributed by atoms with Gasteiger partial charge in [-0.05, 0) is 37.4 Å². The van der Waals surface area contributed by atoms with Crippen LogP contribution in [0.3, 0.4) is 0 Å². The van der Waals surface area contributed by atoms with Crippen molar-refractivity contribution in [1.82, 2.24) is 10.1 Å². The molecule has 0 bridgehead atoms. The Kier molecular flexibility index (Phi) is 3.48. The molecule has 21 heavy (non-hydrogen) atoms. The van der Waals surface area contributed by atoms with Crippen molar-refractivity contribution >= 4 is 16.6 Å². The number of nitrogens with one attached hydrogen (secondary N) is 1. The molecule has 0 amide bonds. The summed E-state index contributed by atoms with van der Waals surface area (Å²) in [5.74, 6) is 2.47. The van der Waals surface area contributed by atoms with E-state index in [9.17, 15) is 0 Å². The lowest BCUT2D eigenvalue weighted by Crippen LogP contribution is -2.03. The van der Waals surface area contributed by atoms with E-state index < -0.39 is 0 Å². The maximum absolute atomic E-state index is 5.29. The topological polar surface area (TPSA) is 60.2 Å². The van der Waals surface area contributed by atoms with Gasteiger partial charge in [0.05, 0.1) is 12.8 Å². The fourth-order valence-corrected chi connectivity index (χ4v) is 2.34. The SMILES string of the molecule is COc1ccc2ccnc(NCc3c(C)noc3C)c2c1. The van der Waals surface area contributed by atoms with Gasteiger partial charge < -0.3 is 14.6 Å². The van der Waals surface area contributed by atoms with Crippen molar-refractivity contribution in [1.29, 1.82) is 0 Å². The van der Waals surface area contributed by atoms with E-state index in [1.807, 2.05) is 38.1 Å². The first kappa shape index (κ1) is 13.4. The molecule has 1 aromatic carbocycles. The van der Waals surface area contributed by atoms with E-state index in [2.05, 4.69) is 15.5 Å². The second-order valence-corrected chi connectivity index (χ2v) is 4.90. The monoisotopic (exact) mass is 283 g/mol. The number of hydrogen-bond acceptors (Lipinski definition) is 5. The quantitative estimate of drug-likeness (QED) is 0.794. The predicted molar refractivity (Wildman–Crippen MR) is 81.6 cm³/mol. The molecule has 1 N–H and O–H groups in total. The lowest BCUT2D eigenvalue weighted by Gasteiger charge is -2.09. The minimum atomic E-state index is 0.629. The van der Waals surface area contributed by atoms with E-state index >= 15 is 0 Å². The first-order valence-electron chi connectivity index (χ1n) is 6.77. The third-order valence-corrected chi connectivity index (χ3v) is 3.59. The molecule has 0 radical (unpaired) electrons. The molecule has 2 aromatic heterocycles. The third-order valence-electron chi connectivity index (χ3n) is 3.59. The number of pyridine rings is 1. The second-order valence-electron chi connectivity index (χ2n) is 4.90. The molecule has 0 unspecified atom stereocenters. The molecule has 0 aliphatic heterocycles. The number of aryl methyl sites for hydroxylation is 2. The maximum Gasteiger partial charge on any atom is 0.138 e. The first-order valence-corrected chi connectivity index (χ1v) is 6.77. The van der Waals surface area contributed by atoms with Crippen LogP contribution in [0.1, 0.15) is 17.0 Å². The van der Waals surface area contributed by atoms with Crippen molar-refractivity contribution in [2.75, 3.05) is 12.4 Å². The summed E-state index contributed by atoms with van der Waals surface area (Å²) < 4.78 is 10.5. The molecule has 5 nitrogen and oxygen atoms in total. The van der Waals surface area contributed by atoms with Crippen molar-refractivity contribution in [2.24, 2.45) is 0 Å². The average Bonchev–Trinajstić information content (AvgIpc) is 2.83. The van der Waals surface area contributed by atoms with Crippen molar-refractivity contribution in [3.63, 3.8) is 0 Å². The molecule has 0 aliphatic rings. The summed E-state index contributed by atoms with van der Waals surface area (Å²) in [6.45, 7) is 4.48. The summed E-state index contributed by atoms with van der Waals surface area (Å²) in [5.41, 5.74) is 1.97. The first-order chi connectivity index (χ1) is 10.2. The zero-order valence-electron chi connectivity index (χ0n) is 12.3. The fraction of sp³-hybridized carbons (Fsp3) is 0.250. The molecule has 0 spiro atoms. The number of hydrogen-bond donors (Lipinski definition) is 1. The van der Waals surface area contributed by atoms with Gasteiger partial charge >= 0.3 is 0 Å². The van der Waals surface area contributed by atoms with Gasteiger partial charge in [0, 0.05) is 23.7 Å². The van der Waals surface area contributed by atoms with E-state index in [0.29, 0.717) is 6.54 Å². The highest BCUT2D eigenvalue weighted by Crippen LogP contribution is 2.26. The fourth-order valence-electron chi connectivity index (χ4n) is 2.34. The number of aromatic nitrogens is 2. The Labute approximate surface area is 122 Å². The van der Waals surface area contributed by atoms with Gasteiger partial charge in [-0.15, -0.1) is 0 Å². The van der Waals surface area contributed by atoms with Crippen LogP contribution in [0.5, 0.6) is 5.75 Å². The Morgan fingerprint density at radius 3 is 2.81 bits per heavy atom. The van der Waals surface area contributed by atoms with E-state index in [-0.39, 0.29) is 0 Å². The highest BCUT2D eigenvalue weighted by Gasteiger charge is 2.10. The van der Waals surface area contributed by atoms with E-state index in [0.717, 1.165) is 39.4 Å². The van der Waals surface area contributed by atoms with Gasteiger partial charge in [0.15, 0.2) is 0 Å². The largest absolute Gasteiger partial charge is 0.497 e. The van der Waals surface area contributed by atoms with Gasteiger partial charge in [0.1, 0.15) is 17.3 Å². The van der Waals surface area contributed by atoms with Crippen LogP contribution in [0.2, 0.25) is 0 Å². The molecule has 108 valence electrons. The van der Waals surface area contributed by atoms with Crippen LogP contribution in [0, 0.1) is 13.8 Å². The van der Waals surface area contributed by atoms with Crippen LogP contribution < -0.4 is 10.1 Å². The number of fused-ring (bicyclic) bond motifs is 1. The van der Waals surface area contributed by atoms with Crippen molar-refractivity contribution < 1.29 is 9.26 Å². The predicted octanol–water partition coefficient (Wildman–Crippen LogP) is 3.46. The summed E-state index contributed by atoms with van der Waals surface area (Å²) in [6, 6.07) is 7.94. The smallest absolute Gasteiger partial charge is 0.138 e. The summed E-state index contributed by atoms with van der Waals surface area (Å²) in [5, 5.41) is 9.47. The van der Waals surface area contributed by atoms with Gasteiger partial charge in [-0.2, -0.15) is 0 Å². The van der Waals surface area contributed by atoms with E-state index in [1.165, 1.54) is 0 Å². The number of methoxy groups -OCH3 is 1. The minimum absolute atomic E-state index is 0.629. The zero-order valence-corrected chi connectivity index (χ0v) is 12.3. The van der Waals surface area contributed by atoms with Gasteiger partial charge in [-0.25, -0.2) is 4.98 Å². The Hall–Kier alpha value is -2.56. The van der Waals surface area contributed by atoms with Crippen LogP contribution in [-0.2, 0) is 6.54 Å². The molecule has 5 heteroatoms. The third kappa shape index (κ3) is 2.54. The summed E-state index contributed by atoms with van der Waals surface area (Å²) in [6.07, 6.45) is 1.80. The lowest BCUT2D eigenvalue weighted by atomic mass is 10.1. The van der Waals surface area contributed by atoms with Gasteiger partial charge in [-0.3, -0.25) is 0 Å². The molecule has 3 rings (SSSR count). The Morgan fingerprint density at radius 1 is 1.24 bits per heavy atom. The van der Waals surface area contributed by atoms with Crippen molar-refractivity contribution in [3.8, 4) is 5.75 Å². The zero-order chi connectivity index (χ0) is 14.8. The van der Waals surface area contributed by atoms with E-state index in [1.54, 1.807) is 13.3 Å². The van der Waals surface area contributed by atoms with Crippen LogP contribution >= 0.6 is 0 Å². The molecular formula is C16H17N3O2. The molecule has 2 heterocycles. The maximum atomic E-state index is 5.29. The van der Waals surface area contributed by atoms with Crippen LogP contribution in [0.15, 0.2) is 35.0 Å². The molecule has 0 aliphatic carbocycles. The summed E-state index contributed by atoms with van der Waals surface area (Å²) in [7, 11) is 1.66. The standard InChI is InChI=1S/C16H17N3O2/c1-10-15(11(2)21-19-10)9-18-16-14-8-13(20-3)5-4-12(14)6-7-17-16/h4-8H,9H2,1-3H3,(H,17,18). The van der Waals surface area contributed by atoms with Crippen LogP contribution in [0.4, 0.5) is 5.82 Å². The second kappa shape index (κ2) is 5.44. The van der Waals surface area contributed by atoms with Crippen LogP contribution in [0.25, 0.3) is 10.8 Å².